The number of sulfonamides is 1. The molecule has 2 heterocycles. The summed E-state index contributed by atoms with van der Waals surface area (Å²) in [5, 5.41) is 10.9. The van der Waals surface area contributed by atoms with Crippen molar-refractivity contribution in [2.75, 3.05) is 19.6 Å². The van der Waals surface area contributed by atoms with Crippen LogP contribution in [0.5, 0.6) is 0 Å². The highest BCUT2D eigenvalue weighted by Gasteiger charge is 2.43. The minimum absolute atomic E-state index is 0.0246. The zero-order valence-corrected chi connectivity index (χ0v) is 10.4. The van der Waals surface area contributed by atoms with Crippen LogP contribution in [-0.2, 0) is 14.8 Å². The molecular formula is C10H18N2O4S. The summed E-state index contributed by atoms with van der Waals surface area (Å²) in [6.45, 7) is 2.07. The molecule has 2 saturated heterocycles. The summed E-state index contributed by atoms with van der Waals surface area (Å²) in [5.41, 5.74) is 0. The predicted octanol–water partition coefficient (Wildman–Crippen LogP) is -0.383. The molecular weight excluding hydrogens is 244 g/mol. The van der Waals surface area contributed by atoms with Crippen molar-refractivity contribution in [2.45, 2.75) is 37.0 Å². The van der Waals surface area contributed by atoms with Crippen LogP contribution in [0.3, 0.4) is 0 Å². The van der Waals surface area contributed by atoms with Gasteiger partial charge in [-0.15, -0.1) is 0 Å². The van der Waals surface area contributed by atoms with E-state index in [4.69, 9.17) is 5.11 Å². The van der Waals surface area contributed by atoms with Crippen molar-refractivity contribution in [1.29, 1.82) is 0 Å². The molecule has 0 radical (unpaired) electrons. The van der Waals surface area contributed by atoms with Crippen LogP contribution >= 0.6 is 0 Å². The van der Waals surface area contributed by atoms with E-state index in [0.29, 0.717) is 13.0 Å². The zero-order chi connectivity index (χ0) is 12.5. The maximum Gasteiger partial charge on any atom is 0.323 e. The standard InChI is InChI=1S/C10H18N2O4S/c13-10(14)9-2-1-7-12(17(9,15)16)8-3-5-11-6-4-8/h8-9,11H,1-7H2,(H,13,14). The molecule has 2 rings (SSSR count). The molecule has 2 aliphatic rings. The number of piperidine rings is 1. The van der Waals surface area contributed by atoms with Crippen molar-refractivity contribution < 1.29 is 18.3 Å². The highest BCUT2D eigenvalue weighted by molar-refractivity contribution is 7.90. The quantitative estimate of drug-likeness (QED) is 0.708. The molecule has 0 aromatic heterocycles. The molecule has 7 heteroatoms. The molecule has 0 aromatic carbocycles. The minimum Gasteiger partial charge on any atom is -0.480 e. The van der Waals surface area contributed by atoms with E-state index in [0.717, 1.165) is 25.9 Å². The highest BCUT2D eigenvalue weighted by Crippen LogP contribution is 2.26. The van der Waals surface area contributed by atoms with E-state index in [1.807, 2.05) is 0 Å². The fourth-order valence-electron chi connectivity index (χ4n) is 2.61. The zero-order valence-electron chi connectivity index (χ0n) is 9.63. The number of hydrogen-bond donors (Lipinski definition) is 2. The topological polar surface area (TPSA) is 86.7 Å². The summed E-state index contributed by atoms with van der Waals surface area (Å²) in [6.07, 6.45) is 2.41. The molecule has 0 aromatic rings. The molecule has 0 spiro atoms. The number of hydrogen-bond acceptors (Lipinski definition) is 4. The third-order valence-electron chi connectivity index (χ3n) is 3.52. The maximum atomic E-state index is 12.2. The first-order valence-electron chi connectivity index (χ1n) is 5.97. The summed E-state index contributed by atoms with van der Waals surface area (Å²) in [7, 11) is -3.66. The summed E-state index contributed by atoms with van der Waals surface area (Å²) >= 11 is 0. The summed E-state index contributed by atoms with van der Waals surface area (Å²) in [5.74, 6) is -1.22. The van der Waals surface area contributed by atoms with Crippen molar-refractivity contribution >= 4 is 16.0 Å². The number of rotatable bonds is 2. The Labute approximate surface area is 101 Å². The molecule has 0 amide bonds. The number of nitrogens with one attached hydrogen (secondary N) is 1. The minimum atomic E-state index is -3.66. The fraction of sp³-hybridized carbons (Fsp3) is 0.900. The Balaban J connectivity index is 2.18. The lowest BCUT2D eigenvalue weighted by Gasteiger charge is -2.38. The van der Waals surface area contributed by atoms with Crippen LogP contribution < -0.4 is 5.32 Å². The predicted molar refractivity (Wildman–Crippen MR) is 62.2 cm³/mol. The molecule has 0 aliphatic carbocycles. The maximum absolute atomic E-state index is 12.2. The van der Waals surface area contributed by atoms with Crippen LogP contribution in [0, 0.1) is 0 Å². The summed E-state index contributed by atoms with van der Waals surface area (Å²) < 4.78 is 25.8. The van der Waals surface area contributed by atoms with Gasteiger partial charge in [-0.3, -0.25) is 4.79 Å². The number of aliphatic carboxylic acids is 1. The first kappa shape index (κ1) is 12.8. The Morgan fingerprint density at radius 3 is 2.47 bits per heavy atom. The van der Waals surface area contributed by atoms with Gasteiger partial charge in [-0.05, 0) is 38.8 Å². The van der Waals surface area contributed by atoms with Gasteiger partial charge in [-0.1, -0.05) is 0 Å². The van der Waals surface area contributed by atoms with Crippen molar-refractivity contribution in [3.63, 3.8) is 0 Å². The highest BCUT2D eigenvalue weighted by atomic mass is 32.2. The molecule has 2 N–H and O–H groups in total. The molecule has 2 fully saturated rings. The Morgan fingerprint density at radius 2 is 1.88 bits per heavy atom. The largest absolute Gasteiger partial charge is 0.480 e. The van der Waals surface area contributed by atoms with Crippen LogP contribution in [0.1, 0.15) is 25.7 Å². The average molecular weight is 262 g/mol. The molecule has 6 nitrogen and oxygen atoms in total. The first-order valence-corrected chi connectivity index (χ1v) is 7.48. The van der Waals surface area contributed by atoms with Gasteiger partial charge in [0.05, 0.1) is 0 Å². The Kier molecular flexibility index (Phi) is 3.70. The van der Waals surface area contributed by atoms with E-state index in [9.17, 15) is 13.2 Å². The van der Waals surface area contributed by atoms with E-state index in [1.54, 1.807) is 0 Å². The van der Waals surface area contributed by atoms with Gasteiger partial charge in [0.2, 0.25) is 10.0 Å². The summed E-state index contributed by atoms with van der Waals surface area (Å²) in [4.78, 5) is 11.0. The van der Waals surface area contributed by atoms with E-state index in [2.05, 4.69) is 5.32 Å². The van der Waals surface area contributed by atoms with Gasteiger partial charge in [-0.25, -0.2) is 8.42 Å². The number of carbonyl (C=O) groups is 1. The fourth-order valence-corrected chi connectivity index (χ4v) is 4.66. The SMILES string of the molecule is O=C(O)C1CCCN(C2CCNCC2)S1(=O)=O. The van der Waals surface area contributed by atoms with Crippen LogP contribution in [0.4, 0.5) is 0 Å². The normalized spacial score (nSPS) is 31.2. The van der Waals surface area contributed by atoms with Crippen molar-refractivity contribution in [3.8, 4) is 0 Å². The lowest BCUT2D eigenvalue weighted by atomic mass is 10.1. The molecule has 98 valence electrons. The van der Waals surface area contributed by atoms with Crippen LogP contribution in [-0.4, -0.2) is 54.7 Å². The number of carboxylic acid groups (broad SMARTS) is 1. The lowest BCUT2D eigenvalue weighted by Crippen LogP contribution is -2.53. The van der Waals surface area contributed by atoms with E-state index < -0.39 is 21.2 Å². The monoisotopic (exact) mass is 262 g/mol. The van der Waals surface area contributed by atoms with E-state index in [-0.39, 0.29) is 12.5 Å². The summed E-state index contributed by atoms with van der Waals surface area (Å²) in [6, 6.07) is -0.0246. The molecule has 0 bridgehead atoms. The van der Waals surface area contributed by atoms with Crippen molar-refractivity contribution in [3.05, 3.63) is 0 Å². The number of carboxylic acids is 1. The molecule has 0 saturated carbocycles. The van der Waals surface area contributed by atoms with Gasteiger partial charge in [-0.2, -0.15) is 4.31 Å². The lowest BCUT2D eigenvalue weighted by molar-refractivity contribution is -0.136. The van der Waals surface area contributed by atoms with Gasteiger partial charge in [0.15, 0.2) is 5.25 Å². The van der Waals surface area contributed by atoms with Crippen molar-refractivity contribution in [1.82, 2.24) is 9.62 Å². The third-order valence-corrected chi connectivity index (χ3v) is 5.81. The first-order chi connectivity index (χ1) is 8.03. The van der Waals surface area contributed by atoms with Crippen molar-refractivity contribution in [2.24, 2.45) is 0 Å². The van der Waals surface area contributed by atoms with Gasteiger partial charge >= 0.3 is 5.97 Å². The van der Waals surface area contributed by atoms with Gasteiger partial charge < -0.3 is 10.4 Å². The van der Waals surface area contributed by atoms with Gasteiger partial charge in [0.25, 0.3) is 0 Å². The van der Waals surface area contributed by atoms with E-state index >= 15 is 0 Å². The van der Waals surface area contributed by atoms with Gasteiger partial charge in [0, 0.05) is 12.6 Å². The van der Waals surface area contributed by atoms with Crippen LogP contribution in [0.2, 0.25) is 0 Å². The second kappa shape index (κ2) is 4.91. The Hall–Kier alpha value is -0.660. The molecule has 2 aliphatic heterocycles. The number of nitrogens with zero attached hydrogens (tertiary/aromatic N) is 1. The second-order valence-electron chi connectivity index (χ2n) is 4.61. The Bertz CT molecular complexity index is 389. The smallest absolute Gasteiger partial charge is 0.323 e. The van der Waals surface area contributed by atoms with Crippen LogP contribution in [0.25, 0.3) is 0 Å². The Morgan fingerprint density at radius 1 is 1.24 bits per heavy atom. The second-order valence-corrected chi connectivity index (χ2v) is 6.67. The van der Waals surface area contributed by atoms with Gasteiger partial charge in [0.1, 0.15) is 0 Å². The molecule has 17 heavy (non-hydrogen) atoms. The average Bonchev–Trinajstić information content (AvgIpc) is 2.28. The third kappa shape index (κ3) is 2.46. The molecule has 1 atom stereocenters. The van der Waals surface area contributed by atoms with E-state index in [1.165, 1.54) is 4.31 Å². The molecule has 1 unspecified atom stereocenters. The van der Waals surface area contributed by atoms with Crippen LogP contribution in [0.15, 0.2) is 0 Å².